The molecule has 0 saturated carbocycles. The van der Waals surface area contributed by atoms with Crippen molar-refractivity contribution in [3.63, 3.8) is 0 Å². The van der Waals surface area contributed by atoms with Crippen molar-refractivity contribution in [1.29, 1.82) is 0 Å². The first-order valence-electron chi connectivity index (χ1n) is 5.37. The Bertz CT molecular complexity index is 654. The molecule has 0 bridgehead atoms. The van der Waals surface area contributed by atoms with Crippen LogP contribution in [-0.4, -0.2) is 30.2 Å². The summed E-state index contributed by atoms with van der Waals surface area (Å²) in [5, 5.41) is 14.7. The summed E-state index contributed by atoms with van der Waals surface area (Å²) in [6.45, 7) is 0. The van der Waals surface area contributed by atoms with Crippen molar-refractivity contribution >= 4 is 5.82 Å². The van der Waals surface area contributed by atoms with E-state index in [1.807, 2.05) is 18.2 Å². The van der Waals surface area contributed by atoms with Crippen molar-refractivity contribution in [3.8, 4) is 22.6 Å². The van der Waals surface area contributed by atoms with Gasteiger partial charge in [0, 0.05) is 13.2 Å². The molecule has 3 aromatic rings. The van der Waals surface area contributed by atoms with Crippen LogP contribution in [-0.2, 0) is 7.05 Å². The lowest BCUT2D eigenvalue weighted by Crippen LogP contribution is -1.98. The molecule has 0 spiro atoms. The number of hydrogen-bond acceptors (Lipinski definition) is 5. The van der Waals surface area contributed by atoms with E-state index in [9.17, 15) is 0 Å². The van der Waals surface area contributed by atoms with Crippen LogP contribution in [0.4, 0.5) is 5.82 Å². The van der Waals surface area contributed by atoms with Gasteiger partial charge in [0.25, 0.3) is 0 Å². The van der Waals surface area contributed by atoms with Crippen molar-refractivity contribution in [3.05, 3.63) is 30.6 Å². The second kappa shape index (κ2) is 3.95. The standard InChI is InChI=1S/C11H11N7/c1-18-11(12)9(7-4-2-3-5-13-7)10(16-18)8-6-14-17-15-8/h2-6H,12H2,1H3,(H,14,15,17). The molecule has 3 aromatic heterocycles. The highest BCUT2D eigenvalue weighted by molar-refractivity contribution is 5.84. The van der Waals surface area contributed by atoms with Gasteiger partial charge >= 0.3 is 0 Å². The third-order valence-electron chi connectivity index (χ3n) is 2.67. The first kappa shape index (κ1) is 10.5. The smallest absolute Gasteiger partial charge is 0.133 e. The van der Waals surface area contributed by atoms with E-state index in [0.29, 0.717) is 17.2 Å². The summed E-state index contributed by atoms with van der Waals surface area (Å²) < 4.78 is 1.61. The van der Waals surface area contributed by atoms with Crippen molar-refractivity contribution in [1.82, 2.24) is 30.2 Å². The number of nitrogens with zero attached hydrogens (tertiary/aromatic N) is 5. The minimum absolute atomic E-state index is 0.548. The quantitative estimate of drug-likeness (QED) is 0.693. The lowest BCUT2D eigenvalue weighted by Gasteiger charge is -2.00. The van der Waals surface area contributed by atoms with Crippen LogP contribution in [0.1, 0.15) is 0 Å². The van der Waals surface area contributed by atoms with Crippen LogP contribution in [0.5, 0.6) is 0 Å². The van der Waals surface area contributed by atoms with Crippen molar-refractivity contribution in [2.75, 3.05) is 5.73 Å². The summed E-state index contributed by atoms with van der Waals surface area (Å²) in [4.78, 5) is 4.30. The molecule has 3 N–H and O–H groups in total. The molecule has 0 unspecified atom stereocenters. The summed E-state index contributed by atoms with van der Waals surface area (Å²) in [5.41, 5.74) is 8.89. The minimum atomic E-state index is 0.548. The number of nitrogens with two attached hydrogens (primary N) is 1. The summed E-state index contributed by atoms with van der Waals surface area (Å²) in [5.74, 6) is 0.548. The van der Waals surface area contributed by atoms with Gasteiger partial charge in [-0.25, -0.2) is 0 Å². The van der Waals surface area contributed by atoms with Gasteiger partial charge in [-0.15, -0.1) is 0 Å². The number of nitrogens with one attached hydrogen (secondary N) is 1. The number of anilines is 1. The monoisotopic (exact) mass is 241 g/mol. The summed E-state index contributed by atoms with van der Waals surface area (Å²) in [6, 6.07) is 5.64. The number of pyridine rings is 1. The van der Waals surface area contributed by atoms with Crippen LogP contribution in [0.15, 0.2) is 30.6 Å². The van der Waals surface area contributed by atoms with Gasteiger partial charge in [0.2, 0.25) is 0 Å². The number of H-pyrrole nitrogens is 1. The van der Waals surface area contributed by atoms with Crippen LogP contribution in [0.25, 0.3) is 22.6 Å². The number of aromatic amines is 1. The van der Waals surface area contributed by atoms with Crippen molar-refractivity contribution in [2.24, 2.45) is 7.05 Å². The molecule has 7 nitrogen and oxygen atoms in total. The normalized spacial score (nSPS) is 10.7. The number of nitrogen functional groups attached to an aromatic ring is 1. The van der Waals surface area contributed by atoms with Crippen LogP contribution < -0.4 is 5.73 Å². The Morgan fingerprint density at radius 2 is 2.17 bits per heavy atom. The average molecular weight is 241 g/mol. The maximum Gasteiger partial charge on any atom is 0.133 e. The molecule has 0 aromatic carbocycles. The van der Waals surface area contributed by atoms with Crippen molar-refractivity contribution < 1.29 is 0 Å². The van der Waals surface area contributed by atoms with E-state index in [1.54, 1.807) is 24.1 Å². The van der Waals surface area contributed by atoms with E-state index in [0.717, 1.165) is 11.3 Å². The molecule has 90 valence electrons. The van der Waals surface area contributed by atoms with Crippen LogP contribution in [0.2, 0.25) is 0 Å². The summed E-state index contributed by atoms with van der Waals surface area (Å²) in [6.07, 6.45) is 3.32. The molecule has 7 heteroatoms. The molecule has 0 fully saturated rings. The molecule has 0 aliphatic heterocycles. The van der Waals surface area contributed by atoms with E-state index < -0.39 is 0 Å². The van der Waals surface area contributed by atoms with E-state index in [-0.39, 0.29) is 0 Å². The Morgan fingerprint density at radius 1 is 1.28 bits per heavy atom. The fourth-order valence-electron chi connectivity index (χ4n) is 1.80. The fourth-order valence-corrected chi connectivity index (χ4v) is 1.80. The predicted molar refractivity (Wildman–Crippen MR) is 66.2 cm³/mol. The van der Waals surface area contributed by atoms with Gasteiger partial charge in [-0.3, -0.25) is 9.67 Å². The molecule has 3 heterocycles. The largest absolute Gasteiger partial charge is 0.383 e. The Hall–Kier alpha value is -2.70. The third-order valence-corrected chi connectivity index (χ3v) is 2.67. The highest BCUT2D eigenvalue weighted by Gasteiger charge is 2.19. The molecule has 0 amide bonds. The Balaban J connectivity index is 2.26. The lowest BCUT2D eigenvalue weighted by atomic mass is 10.1. The topological polar surface area (TPSA) is 98.3 Å². The van der Waals surface area contributed by atoms with E-state index in [2.05, 4.69) is 25.5 Å². The molecule has 0 saturated heterocycles. The fraction of sp³-hybridized carbons (Fsp3) is 0.0909. The number of aromatic nitrogens is 6. The molecule has 0 aliphatic carbocycles. The van der Waals surface area contributed by atoms with E-state index >= 15 is 0 Å². The van der Waals surface area contributed by atoms with Crippen molar-refractivity contribution in [2.45, 2.75) is 0 Å². The molecular formula is C11H11N7. The Kier molecular flexibility index (Phi) is 2.30. The number of aryl methyl sites for hydroxylation is 1. The summed E-state index contributed by atoms with van der Waals surface area (Å²) in [7, 11) is 1.78. The average Bonchev–Trinajstić information content (AvgIpc) is 3.00. The molecule has 0 atom stereocenters. The van der Waals surface area contributed by atoms with Gasteiger partial charge < -0.3 is 5.73 Å². The van der Waals surface area contributed by atoms with Gasteiger partial charge in [-0.2, -0.15) is 20.5 Å². The Labute approximate surface area is 103 Å². The summed E-state index contributed by atoms with van der Waals surface area (Å²) >= 11 is 0. The van der Waals surface area contributed by atoms with Gasteiger partial charge in [0.05, 0.1) is 17.5 Å². The van der Waals surface area contributed by atoms with Gasteiger partial charge in [-0.05, 0) is 12.1 Å². The molecule has 3 rings (SSSR count). The second-order valence-electron chi connectivity index (χ2n) is 3.80. The number of rotatable bonds is 2. The maximum atomic E-state index is 6.04. The van der Waals surface area contributed by atoms with Crippen LogP contribution in [0, 0.1) is 0 Å². The van der Waals surface area contributed by atoms with Gasteiger partial charge in [0.15, 0.2) is 0 Å². The predicted octanol–water partition coefficient (Wildman–Crippen LogP) is 0.849. The molecule has 18 heavy (non-hydrogen) atoms. The zero-order valence-electron chi connectivity index (χ0n) is 9.70. The Morgan fingerprint density at radius 3 is 2.83 bits per heavy atom. The zero-order valence-corrected chi connectivity index (χ0v) is 9.70. The van der Waals surface area contributed by atoms with Gasteiger partial charge in [0.1, 0.15) is 17.2 Å². The van der Waals surface area contributed by atoms with Crippen LogP contribution >= 0.6 is 0 Å². The van der Waals surface area contributed by atoms with E-state index in [1.165, 1.54) is 0 Å². The first-order valence-corrected chi connectivity index (χ1v) is 5.37. The highest BCUT2D eigenvalue weighted by atomic mass is 15.3. The maximum absolute atomic E-state index is 6.04. The number of hydrogen-bond donors (Lipinski definition) is 2. The highest BCUT2D eigenvalue weighted by Crippen LogP contribution is 2.33. The van der Waals surface area contributed by atoms with E-state index in [4.69, 9.17) is 5.73 Å². The lowest BCUT2D eigenvalue weighted by molar-refractivity contribution is 0.781. The zero-order chi connectivity index (χ0) is 12.5. The molecular weight excluding hydrogens is 230 g/mol. The minimum Gasteiger partial charge on any atom is -0.383 e. The second-order valence-corrected chi connectivity index (χ2v) is 3.80. The SMILES string of the molecule is Cn1nc(-c2cn[nH]n2)c(-c2ccccn2)c1N. The van der Waals surface area contributed by atoms with Crippen LogP contribution in [0.3, 0.4) is 0 Å². The van der Waals surface area contributed by atoms with Gasteiger partial charge in [-0.1, -0.05) is 6.07 Å². The molecule has 0 aliphatic rings. The first-order chi connectivity index (χ1) is 8.77. The molecule has 0 radical (unpaired) electrons. The third kappa shape index (κ3) is 1.53.